The Morgan fingerprint density at radius 3 is 2.52 bits per heavy atom. The number of hydrogen-bond donors (Lipinski definition) is 3. The highest BCUT2D eigenvalue weighted by molar-refractivity contribution is 5.70. The Labute approximate surface area is 119 Å². The van der Waals surface area contributed by atoms with Crippen LogP contribution in [0, 0.1) is 0 Å². The number of esters is 1. The SMILES string of the molecule is CCOC(=O)CC(O)C(O)c1ccc(N)cc1C(F)(F)F. The minimum Gasteiger partial charge on any atom is -0.466 e. The van der Waals surface area contributed by atoms with Crippen molar-refractivity contribution >= 4 is 11.7 Å². The van der Waals surface area contributed by atoms with Crippen molar-refractivity contribution in [2.45, 2.75) is 31.7 Å². The third-order valence-electron chi connectivity index (χ3n) is 2.75. The fourth-order valence-corrected chi connectivity index (χ4v) is 1.79. The van der Waals surface area contributed by atoms with Crippen LogP contribution in [0.4, 0.5) is 18.9 Å². The number of nitrogens with two attached hydrogens (primary N) is 1. The van der Waals surface area contributed by atoms with Crippen LogP contribution in [0.2, 0.25) is 0 Å². The smallest absolute Gasteiger partial charge is 0.416 e. The van der Waals surface area contributed by atoms with Gasteiger partial charge in [0.1, 0.15) is 6.10 Å². The van der Waals surface area contributed by atoms with Gasteiger partial charge in [-0.15, -0.1) is 0 Å². The number of carbonyl (C=O) groups excluding carboxylic acids is 1. The fourth-order valence-electron chi connectivity index (χ4n) is 1.79. The van der Waals surface area contributed by atoms with Crippen LogP contribution in [0.25, 0.3) is 0 Å². The summed E-state index contributed by atoms with van der Waals surface area (Å²) in [5, 5.41) is 19.5. The molecule has 0 heterocycles. The first kappa shape index (κ1) is 17.3. The van der Waals surface area contributed by atoms with Gasteiger partial charge < -0.3 is 20.7 Å². The molecule has 0 amide bonds. The molecule has 4 N–H and O–H groups in total. The lowest BCUT2D eigenvalue weighted by atomic mass is 9.96. The van der Waals surface area contributed by atoms with Crippen molar-refractivity contribution < 1.29 is 32.9 Å². The predicted octanol–water partition coefficient (Wildman–Crippen LogP) is 1.64. The molecule has 0 fully saturated rings. The predicted molar refractivity (Wildman–Crippen MR) is 68.1 cm³/mol. The largest absolute Gasteiger partial charge is 0.466 e. The van der Waals surface area contributed by atoms with Crippen molar-refractivity contribution in [2.24, 2.45) is 0 Å². The van der Waals surface area contributed by atoms with E-state index in [1.807, 2.05) is 0 Å². The van der Waals surface area contributed by atoms with E-state index in [4.69, 9.17) is 5.73 Å². The monoisotopic (exact) mass is 307 g/mol. The van der Waals surface area contributed by atoms with Crippen LogP contribution in [0.1, 0.15) is 30.6 Å². The van der Waals surface area contributed by atoms with Crippen LogP contribution >= 0.6 is 0 Å². The van der Waals surface area contributed by atoms with E-state index in [-0.39, 0.29) is 12.3 Å². The first-order valence-corrected chi connectivity index (χ1v) is 6.15. The maximum atomic E-state index is 12.9. The Bertz CT molecular complexity index is 505. The molecule has 0 aliphatic carbocycles. The zero-order valence-electron chi connectivity index (χ0n) is 11.2. The van der Waals surface area contributed by atoms with Gasteiger partial charge in [0.2, 0.25) is 0 Å². The summed E-state index contributed by atoms with van der Waals surface area (Å²) in [5.74, 6) is -0.812. The zero-order valence-corrected chi connectivity index (χ0v) is 11.2. The lowest BCUT2D eigenvalue weighted by Crippen LogP contribution is -2.25. The highest BCUT2D eigenvalue weighted by atomic mass is 19.4. The molecule has 0 saturated carbocycles. The molecule has 0 bridgehead atoms. The van der Waals surface area contributed by atoms with Crippen molar-refractivity contribution in [3.63, 3.8) is 0 Å². The molecule has 0 spiro atoms. The van der Waals surface area contributed by atoms with Crippen LogP contribution in [0.15, 0.2) is 18.2 Å². The number of carbonyl (C=O) groups is 1. The number of halogens is 3. The Balaban J connectivity index is 3.01. The first-order valence-electron chi connectivity index (χ1n) is 6.15. The summed E-state index contributed by atoms with van der Waals surface area (Å²) in [6, 6.07) is 2.80. The number of aliphatic hydroxyl groups is 2. The van der Waals surface area contributed by atoms with Gasteiger partial charge in [0.25, 0.3) is 0 Å². The summed E-state index contributed by atoms with van der Waals surface area (Å²) in [5.41, 5.74) is 3.47. The molecule has 1 rings (SSSR count). The molecule has 1 aromatic rings. The van der Waals surface area contributed by atoms with Crippen LogP contribution < -0.4 is 5.73 Å². The summed E-state index contributed by atoms with van der Waals surface area (Å²) >= 11 is 0. The number of ether oxygens (including phenoxy) is 1. The minimum absolute atomic E-state index is 0.0668. The normalized spacial score (nSPS) is 14.6. The first-order chi connectivity index (χ1) is 9.66. The van der Waals surface area contributed by atoms with E-state index in [0.29, 0.717) is 6.07 Å². The number of benzene rings is 1. The van der Waals surface area contributed by atoms with Crippen LogP contribution in [-0.4, -0.2) is 28.9 Å². The van der Waals surface area contributed by atoms with E-state index in [1.165, 1.54) is 6.07 Å². The van der Waals surface area contributed by atoms with Gasteiger partial charge in [-0.3, -0.25) is 4.79 Å². The van der Waals surface area contributed by atoms with Crippen molar-refractivity contribution in [3.8, 4) is 0 Å². The lowest BCUT2D eigenvalue weighted by Gasteiger charge is -2.21. The summed E-state index contributed by atoms with van der Waals surface area (Å²) in [6.07, 6.45) is -8.95. The summed E-state index contributed by atoms with van der Waals surface area (Å²) in [6.45, 7) is 1.61. The van der Waals surface area contributed by atoms with Gasteiger partial charge in [-0.2, -0.15) is 13.2 Å². The number of aliphatic hydroxyl groups excluding tert-OH is 2. The highest BCUT2D eigenvalue weighted by Gasteiger charge is 2.37. The molecule has 118 valence electrons. The average molecular weight is 307 g/mol. The molecule has 2 unspecified atom stereocenters. The second-order valence-electron chi connectivity index (χ2n) is 4.37. The van der Waals surface area contributed by atoms with E-state index >= 15 is 0 Å². The van der Waals surface area contributed by atoms with E-state index in [2.05, 4.69) is 4.74 Å². The summed E-state index contributed by atoms with van der Waals surface area (Å²) in [4.78, 5) is 11.2. The lowest BCUT2D eigenvalue weighted by molar-refractivity contribution is -0.147. The van der Waals surface area contributed by atoms with Crippen LogP contribution in [-0.2, 0) is 15.7 Å². The number of rotatable bonds is 5. The topological polar surface area (TPSA) is 92.8 Å². The van der Waals surface area contributed by atoms with Gasteiger partial charge in [-0.1, -0.05) is 6.07 Å². The van der Waals surface area contributed by atoms with E-state index in [1.54, 1.807) is 6.92 Å². The Hall–Kier alpha value is -1.80. The van der Waals surface area contributed by atoms with E-state index < -0.39 is 41.9 Å². The number of anilines is 1. The van der Waals surface area contributed by atoms with Gasteiger partial charge in [0, 0.05) is 5.69 Å². The molecule has 0 saturated heterocycles. The summed E-state index contributed by atoms with van der Waals surface area (Å²) in [7, 11) is 0. The number of hydrogen-bond acceptors (Lipinski definition) is 5. The standard InChI is InChI=1S/C13H16F3NO4/c1-2-21-11(19)6-10(18)12(20)8-4-3-7(17)5-9(8)13(14,15)16/h3-5,10,12,18,20H,2,6,17H2,1H3. The minimum atomic E-state index is -4.74. The van der Waals surface area contributed by atoms with Crippen LogP contribution in [0.3, 0.4) is 0 Å². The quantitative estimate of drug-likeness (QED) is 0.568. The van der Waals surface area contributed by atoms with Crippen molar-refractivity contribution in [1.29, 1.82) is 0 Å². The average Bonchev–Trinajstić information content (AvgIpc) is 2.37. The Kier molecular flexibility index (Phi) is 5.56. The molecular formula is C13H16F3NO4. The Morgan fingerprint density at radius 1 is 1.38 bits per heavy atom. The van der Waals surface area contributed by atoms with Crippen molar-refractivity contribution in [2.75, 3.05) is 12.3 Å². The molecule has 0 aliphatic rings. The molecular weight excluding hydrogens is 291 g/mol. The maximum absolute atomic E-state index is 12.9. The number of nitrogen functional groups attached to an aromatic ring is 1. The van der Waals surface area contributed by atoms with E-state index in [9.17, 15) is 28.2 Å². The molecule has 8 heteroatoms. The van der Waals surface area contributed by atoms with Crippen molar-refractivity contribution in [3.05, 3.63) is 29.3 Å². The number of alkyl halides is 3. The molecule has 2 atom stereocenters. The van der Waals surface area contributed by atoms with Gasteiger partial charge in [0.05, 0.1) is 24.7 Å². The fraction of sp³-hybridized carbons (Fsp3) is 0.462. The molecule has 21 heavy (non-hydrogen) atoms. The zero-order chi connectivity index (χ0) is 16.2. The molecule has 5 nitrogen and oxygen atoms in total. The second kappa shape index (κ2) is 6.77. The summed E-state index contributed by atoms with van der Waals surface area (Å²) < 4.78 is 43.2. The van der Waals surface area contributed by atoms with Gasteiger partial charge in [0.15, 0.2) is 0 Å². The molecule has 0 aromatic heterocycles. The van der Waals surface area contributed by atoms with E-state index in [0.717, 1.165) is 6.07 Å². The van der Waals surface area contributed by atoms with Gasteiger partial charge >= 0.3 is 12.1 Å². The highest BCUT2D eigenvalue weighted by Crippen LogP contribution is 2.37. The Morgan fingerprint density at radius 2 is 2.00 bits per heavy atom. The third kappa shape index (κ3) is 4.61. The van der Waals surface area contributed by atoms with Gasteiger partial charge in [-0.25, -0.2) is 0 Å². The van der Waals surface area contributed by atoms with Gasteiger partial charge in [-0.05, 0) is 24.6 Å². The molecule has 0 radical (unpaired) electrons. The molecule has 0 aliphatic heterocycles. The second-order valence-corrected chi connectivity index (χ2v) is 4.37. The maximum Gasteiger partial charge on any atom is 0.416 e. The van der Waals surface area contributed by atoms with Crippen LogP contribution in [0.5, 0.6) is 0 Å². The third-order valence-corrected chi connectivity index (χ3v) is 2.75. The molecule has 1 aromatic carbocycles. The van der Waals surface area contributed by atoms with Crippen molar-refractivity contribution in [1.82, 2.24) is 0 Å².